The van der Waals surface area contributed by atoms with Crippen LogP contribution in [-0.4, -0.2) is 46.8 Å². The van der Waals surface area contributed by atoms with E-state index in [0.717, 1.165) is 43.2 Å². The van der Waals surface area contributed by atoms with Crippen molar-refractivity contribution in [2.24, 2.45) is 5.92 Å². The average Bonchev–Trinajstić information content (AvgIpc) is 2.88. The van der Waals surface area contributed by atoms with Crippen LogP contribution in [0, 0.1) is 12.8 Å². The van der Waals surface area contributed by atoms with E-state index < -0.39 is 0 Å². The molecule has 1 N–H and O–H groups in total. The largest absolute Gasteiger partial charge is 0.356 e. The number of hydrogen-bond acceptors (Lipinski definition) is 4. The zero-order valence-corrected chi connectivity index (χ0v) is 20.7. The van der Waals surface area contributed by atoms with Crippen LogP contribution in [0.15, 0.2) is 71.5 Å². The maximum Gasteiger partial charge on any atom is 0.266 e. The summed E-state index contributed by atoms with van der Waals surface area (Å²) in [5.41, 5.74) is 4.11. The summed E-state index contributed by atoms with van der Waals surface area (Å²) < 4.78 is 1.38. The highest BCUT2D eigenvalue weighted by Gasteiger charge is 2.19. The number of nitrogens with zero attached hydrogens (tertiary/aromatic N) is 3. The third-order valence-corrected chi connectivity index (χ3v) is 6.81. The lowest BCUT2D eigenvalue weighted by Gasteiger charge is -2.32. The van der Waals surface area contributed by atoms with Gasteiger partial charge in [0.2, 0.25) is 5.91 Å². The predicted molar refractivity (Wildman–Crippen MR) is 140 cm³/mol. The highest BCUT2D eigenvalue weighted by molar-refractivity contribution is 5.75. The summed E-state index contributed by atoms with van der Waals surface area (Å²) in [6.45, 7) is 6.26. The SMILES string of the molecule is Cc1ccc(-c2ccc(=O)n(CCC(=O)NCCCN3CCC(Cc4ccccc4)CC3)n2)cc1. The molecule has 0 aliphatic carbocycles. The van der Waals surface area contributed by atoms with Gasteiger partial charge in [-0.2, -0.15) is 5.10 Å². The monoisotopic (exact) mass is 472 g/mol. The van der Waals surface area contributed by atoms with Crippen LogP contribution in [0.25, 0.3) is 11.3 Å². The third kappa shape index (κ3) is 7.62. The van der Waals surface area contributed by atoms with Crippen molar-refractivity contribution in [1.82, 2.24) is 20.0 Å². The number of hydrogen-bond donors (Lipinski definition) is 1. The number of amides is 1. The van der Waals surface area contributed by atoms with Crippen molar-refractivity contribution in [3.05, 3.63) is 88.2 Å². The molecular formula is C29H36N4O2. The van der Waals surface area contributed by atoms with Gasteiger partial charge in [-0.3, -0.25) is 9.59 Å². The Morgan fingerprint density at radius 2 is 1.71 bits per heavy atom. The summed E-state index contributed by atoms with van der Waals surface area (Å²) in [4.78, 5) is 27.0. The number of carbonyl (C=O) groups is 1. The van der Waals surface area contributed by atoms with E-state index >= 15 is 0 Å². The second-order valence-electron chi connectivity index (χ2n) is 9.57. The number of aromatic nitrogens is 2. The molecule has 1 saturated heterocycles. The second-order valence-corrected chi connectivity index (χ2v) is 9.57. The summed E-state index contributed by atoms with van der Waals surface area (Å²) in [5, 5.41) is 7.45. The molecule has 0 radical (unpaired) electrons. The summed E-state index contributed by atoms with van der Waals surface area (Å²) in [5.74, 6) is 0.732. The highest BCUT2D eigenvalue weighted by Crippen LogP contribution is 2.21. The Morgan fingerprint density at radius 3 is 2.46 bits per heavy atom. The molecule has 1 aliphatic heterocycles. The number of rotatable bonds is 10. The summed E-state index contributed by atoms with van der Waals surface area (Å²) >= 11 is 0. The first-order valence-corrected chi connectivity index (χ1v) is 12.7. The van der Waals surface area contributed by atoms with Gasteiger partial charge in [-0.25, -0.2) is 4.68 Å². The van der Waals surface area contributed by atoms with Crippen LogP contribution in [0.3, 0.4) is 0 Å². The molecule has 6 nitrogen and oxygen atoms in total. The van der Waals surface area contributed by atoms with E-state index in [2.05, 4.69) is 45.6 Å². The van der Waals surface area contributed by atoms with Crippen LogP contribution in [0.4, 0.5) is 0 Å². The van der Waals surface area contributed by atoms with Crippen molar-refractivity contribution < 1.29 is 4.79 Å². The van der Waals surface area contributed by atoms with Gasteiger partial charge >= 0.3 is 0 Å². The van der Waals surface area contributed by atoms with E-state index in [9.17, 15) is 9.59 Å². The molecule has 1 aliphatic rings. The average molecular weight is 473 g/mol. The van der Waals surface area contributed by atoms with Crippen molar-refractivity contribution >= 4 is 5.91 Å². The fourth-order valence-electron chi connectivity index (χ4n) is 4.68. The summed E-state index contributed by atoms with van der Waals surface area (Å²) in [7, 11) is 0. The maximum atomic E-state index is 12.3. The molecule has 0 saturated carbocycles. The molecule has 4 rings (SSSR count). The van der Waals surface area contributed by atoms with Crippen molar-refractivity contribution in [3.8, 4) is 11.3 Å². The molecule has 2 aromatic carbocycles. The Balaban J connectivity index is 1.13. The number of nitrogens with one attached hydrogen (secondary N) is 1. The van der Waals surface area contributed by atoms with E-state index in [1.807, 2.05) is 31.2 Å². The van der Waals surface area contributed by atoms with Gasteiger partial charge in [0, 0.05) is 24.6 Å². The number of likely N-dealkylation sites (tertiary alicyclic amines) is 1. The van der Waals surface area contributed by atoms with Gasteiger partial charge in [-0.1, -0.05) is 60.2 Å². The Kier molecular flexibility index (Phi) is 8.85. The van der Waals surface area contributed by atoms with Gasteiger partial charge in [-0.05, 0) is 69.8 Å². The van der Waals surface area contributed by atoms with Crippen LogP contribution in [0.1, 0.15) is 36.8 Å². The Labute approximate surface area is 208 Å². The zero-order valence-electron chi connectivity index (χ0n) is 20.7. The molecule has 1 fully saturated rings. The molecule has 1 aromatic heterocycles. The molecule has 1 amide bonds. The number of carbonyl (C=O) groups excluding carboxylic acids is 1. The Hall–Kier alpha value is -3.25. The molecule has 3 aromatic rings. The second kappa shape index (κ2) is 12.5. The maximum absolute atomic E-state index is 12.3. The highest BCUT2D eigenvalue weighted by atomic mass is 16.2. The molecule has 0 spiro atoms. The minimum atomic E-state index is -0.190. The first-order valence-electron chi connectivity index (χ1n) is 12.7. The summed E-state index contributed by atoms with van der Waals surface area (Å²) in [6, 6.07) is 22.0. The van der Waals surface area contributed by atoms with E-state index in [-0.39, 0.29) is 24.4 Å². The van der Waals surface area contributed by atoms with Crippen LogP contribution in [0.5, 0.6) is 0 Å². The third-order valence-electron chi connectivity index (χ3n) is 6.81. The van der Waals surface area contributed by atoms with Crippen LogP contribution >= 0.6 is 0 Å². The van der Waals surface area contributed by atoms with E-state index in [1.165, 1.54) is 41.1 Å². The van der Waals surface area contributed by atoms with Gasteiger partial charge < -0.3 is 10.2 Å². The van der Waals surface area contributed by atoms with Gasteiger partial charge in [0.05, 0.1) is 12.2 Å². The lowest BCUT2D eigenvalue weighted by Crippen LogP contribution is -2.36. The zero-order chi connectivity index (χ0) is 24.5. The molecule has 0 bridgehead atoms. The Bertz CT molecular complexity index is 1130. The quantitative estimate of drug-likeness (QED) is 0.452. The standard InChI is InChI=1S/C29H36N4O2/c1-23-8-10-26(11-9-23)27-12-13-29(35)33(31-27)21-16-28(34)30-17-5-18-32-19-14-25(15-20-32)22-24-6-3-2-4-7-24/h2-4,6-13,25H,5,14-22H2,1H3,(H,30,34). The molecule has 35 heavy (non-hydrogen) atoms. The topological polar surface area (TPSA) is 67.2 Å². The first kappa shape index (κ1) is 24.9. The number of benzene rings is 2. The molecular weight excluding hydrogens is 436 g/mol. The van der Waals surface area contributed by atoms with E-state index in [4.69, 9.17) is 0 Å². The molecule has 0 unspecified atom stereocenters. The van der Waals surface area contributed by atoms with Gasteiger partial charge in [0.15, 0.2) is 0 Å². The fraction of sp³-hybridized carbons (Fsp3) is 0.414. The van der Waals surface area contributed by atoms with Crippen LogP contribution in [0.2, 0.25) is 0 Å². The summed E-state index contributed by atoms with van der Waals surface area (Å²) in [6.07, 6.45) is 4.84. The van der Waals surface area contributed by atoms with Gasteiger partial charge in [0.25, 0.3) is 5.56 Å². The number of piperidine rings is 1. The first-order chi connectivity index (χ1) is 17.1. The van der Waals surface area contributed by atoms with E-state index in [0.29, 0.717) is 6.54 Å². The van der Waals surface area contributed by atoms with Crippen molar-refractivity contribution in [2.75, 3.05) is 26.2 Å². The smallest absolute Gasteiger partial charge is 0.266 e. The molecule has 6 heteroatoms. The van der Waals surface area contributed by atoms with Crippen LogP contribution < -0.4 is 10.9 Å². The minimum Gasteiger partial charge on any atom is -0.356 e. The van der Waals surface area contributed by atoms with E-state index in [1.54, 1.807) is 6.07 Å². The number of aryl methyl sites for hydroxylation is 2. The molecule has 0 atom stereocenters. The van der Waals surface area contributed by atoms with Crippen molar-refractivity contribution in [2.45, 2.75) is 45.6 Å². The lowest BCUT2D eigenvalue weighted by molar-refractivity contribution is -0.121. The normalized spacial score (nSPS) is 14.7. The van der Waals surface area contributed by atoms with Gasteiger partial charge in [-0.15, -0.1) is 0 Å². The fourth-order valence-corrected chi connectivity index (χ4v) is 4.68. The van der Waals surface area contributed by atoms with Crippen molar-refractivity contribution in [3.63, 3.8) is 0 Å². The van der Waals surface area contributed by atoms with Crippen LogP contribution in [-0.2, 0) is 17.8 Å². The van der Waals surface area contributed by atoms with Crippen molar-refractivity contribution in [1.29, 1.82) is 0 Å². The predicted octanol–water partition coefficient (Wildman–Crippen LogP) is 4.07. The molecule has 2 heterocycles. The lowest BCUT2D eigenvalue weighted by atomic mass is 9.90. The Morgan fingerprint density at radius 1 is 0.971 bits per heavy atom. The van der Waals surface area contributed by atoms with Gasteiger partial charge in [0.1, 0.15) is 0 Å². The minimum absolute atomic E-state index is 0.0407. The molecule has 184 valence electrons.